The Balaban J connectivity index is 1.77. The second-order valence-electron chi connectivity index (χ2n) is 7.01. The minimum Gasteiger partial charge on any atom is -0.481 e. The molecule has 0 fully saturated rings. The first-order chi connectivity index (χ1) is 13.4. The highest BCUT2D eigenvalue weighted by Crippen LogP contribution is 2.33. The number of carboxylic acid groups (broad SMARTS) is 1. The lowest BCUT2D eigenvalue weighted by Crippen LogP contribution is -2.38. The topological polar surface area (TPSA) is 67.3 Å². The van der Waals surface area contributed by atoms with Gasteiger partial charge >= 0.3 is 5.97 Å². The molecule has 3 rings (SSSR count). The lowest BCUT2D eigenvalue weighted by atomic mass is 9.74. The van der Waals surface area contributed by atoms with E-state index in [0.29, 0.717) is 17.7 Å². The fourth-order valence-corrected chi connectivity index (χ4v) is 4.18. The second kappa shape index (κ2) is 8.48. The van der Waals surface area contributed by atoms with E-state index < -0.39 is 11.4 Å². The van der Waals surface area contributed by atoms with Crippen LogP contribution in [-0.4, -0.2) is 21.8 Å². The maximum atomic E-state index is 12.8. The van der Waals surface area contributed by atoms with Crippen LogP contribution in [0.3, 0.4) is 0 Å². The summed E-state index contributed by atoms with van der Waals surface area (Å²) in [4.78, 5) is 29.4. The van der Waals surface area contributed by atoms with Crippen molar-refractivity contribution in [2.24, 2.45) is 0 Å². The molecule has 0 saturated heterocycles. The van der Waals surface area contributed by atoms with Gasteiger partial charge in [0.05, 0.1) is 11.1 Å². The van der Waals surface area contributed by atoms with Gasteiger partial charge in [0.2, 0.25) is 0 Å². The molecule has 1 aromatic heterocycles. The molecule has 1 heterocycles. The number of hydrogen-bond donors (Lipinski definition) is 1. The number of ketones is 1. The summed E-state index contributed by atoms with van der Waals surface area (Å²) in [7, 11) is 0. The van der Waals surface area contributed by atoms with Crippen LogP contribution < -0.4 is 0 Å². The predicted octanol–water partition coefficient (Wildman–Crippen LogP) is 5.05. The molecule has 0 amide bonds. The Morgan fingerprint density at radius 1 is 1.07 bits per heavy atom. The van der Waals surface area contributed by atoms with Gasteiger partial charge in [0, 0.05) is 23.8 Å². The van der Waals surface area contributed by atoms with Crippen molar-refractivity contribution in [3.8, 4) is 10.6 Å². The average Bonchev–Trinajstić information content (AvgIpc) is 3.15. The molecule has 0 bridgehead atoms. The van der Waals surface area contributed by atoms with E-state index in [9.17, 15) is 14.7 Å². The van der Waals surface area contributed by atoms with Crippen LogP contribution in [0.1, 0.15) is 36.6 Å². The zero-order valence-corrected chi connectivity index (χ0v) is 16.8. The van der Waals surface area contributed by atoms with Crippen molar-refractivity contribution in [2.75, 3.05) is 0 Å². The number of benzene rings is 2. The number of aromatic nitrogens is 1. The van der Waals surface area contributed by atoms with Gasteiger partial charge in [-0.2, -0.15) is 0 Å². The average molecular weight is 394 g/mol. The molecule has 4 nitrogen and oxygen atoms in total. The number of aryl methyl sites for hydroxylation is 1. The summed E-state index contributed by atoms with van der Waals surface area (Å²) in [5, 5.41) is 12.6. The molecule has 3 aromatic rings. The number of carbonyl (C=O) groups excluding carboxylic acids is 1. The first-order valence-electron chi connectivity index (χ1n) is 9.26. The summed E-state index contributed by atoms with van der Waals surface area (Å²) in [6, 6.07) is 17.1. The molecule has 1 unspecified atom stereocenters. The third-order valence-electron chi connectivity index (χ3n) is 5.07. The Labute approximate surface area is 168 Å². The minimum atomic E-state index is -1.20. The van der Waals surface area contributed by atoms with Gasteiger partial charge in [-0.25, -0.2) is 4.98 Å². The molecule has 0 aliphatic carbocycles. The van der Waals surface area contributed by atoms with Crippen molar-refractivity contribution in [3.63, 3.8) is 0 Å². The van der Waals surface area contributed by atoms with Crippen molar-refractivity contribution in [1.82, 2.24) is 4.98 Å². The molecule has 1 N–H and O–H groups in total. The lowest BCUT2D eigenvalue weighted by molar-refractivity contribution is -0.146. The van der Waals surface area contributed by atoms with Crippen molar-refractivity contribution >= 4 is 23.1 Å². The number of carboxylic acids is 1. The van der Waals surface area contributed by atoms with E-state index in [2.05, 4.69) is 4.98 Å². The van der Waals surface area contributed by atoms with Crippen LogP contribution in [0.5, 0.6) is 0 Å². The maximum Gasteiger partial charge on any atom is 0.314 e. The van der Waals surface area contributed by atoms with Crippen LogP contribution in [0.4, 0.5) is 0 Å². The SMILES string of the molecule is CCC(CC(=O)Cc1csc(-c2ccc(C)cc2)n1)(C(=O)O)c1ccccc1. The van der Waals surface area contributed by atoms with Crippen LogP contribution in [-0.2, 0) is 21.4 Å². The number of carbonyl (C=O) groups is 2. The molecule has 5 heteroatoms. The van der Waals surface area contributed by atoms with E-state index in [-0.39, 0.29) is 18.6 Å². The smallest absolute Gasteiger partial charge is 0.314 e. The third-order valence-corrected chi connectivity index (χ3v) is 6.01. The van der Waals surface area contributed by atoms with Gasteiger partial charge < -0.3 is 5.11 Å². The van der Waals surface area contributed by atoms with Crippen molar-refractivity contribution in [2.45, 2.75) is 38.5 Å². The van der Waals surface area contributed by atoms with Gasteiger partial charge in [-0.15, -0.1) is 11.3 Å². The Bertz CT molecular complexity index is 963. The van der Waals surface area contributed by atoms with Gasteiger partial charge in [-0.1, -0.05) is 67.1 Å². The van der Waals surface area contributed by atoms with Gasteiger partial charge in [0.15, 0.2) is 0 Å². The van der Waals surface area contributed by atoms with Crippen LogP contribution in [0.15, 0.2) is 60.0 Å². The molecule has 0 aliphatic rings. The summed E-state index contributed by atoms with van der Waals surface area (Å²) in [6.45, 7) is 3.84. The lowest BCUT2D eigenvalue weighted by Gasteiger charge is -2.28. The second-order valence-corrected chi connectivity index (χ2v) is 7.87. The van der Waals surface area contributed by atoms with Crippen LogP contribution >= 0.6 is 11.3 Å². The monoisotopic (exact) mass is 393 g/mol. The first kappa shape index (κ1) is 20.0. The molecule has 2 aromatic carbocycles. The maximum absolute atomic E-state index is 12.8. The Hall–Kier alpha value is -2.79. The molecule has 144 valence electrons. The first-order valence-corrected chi connectivity index (χ1v) is 10.1. The number of aliphatic carboxylic acids is 1. The summed E-state index contributed by atoms with van der Waals surface area (Å²) in [5.74, 6) is -1.08. The van der Waals surface area contributed by atoms with Gasteiger partial charge in [-0.05, 0) is 18.9 Å². The number of nitrogens with zero attached hydrogens (tertiary/aromatic N) is 1. The van der Waals surface area contributed by atoms with Crippen molar-refractivity contribution in [1.29, 1.82) is 0 Å². The Kier molecular flexibility index (Phi) is 6.05. The van der Waals surface area contributed by atoms with Gasteiger partial charge in [0.1, 0.15) is 10.8 Å². The molecule has 0 aliphatic heterocycles. The van der Waals surface area contributed by atoms with Crippen LogP contribution in [0, 0.1) is 6.92 Å². The summed E-state index contributed by atoms with van der Waals surface area (Å²) >= 11 is 1.50. The third kappa shape index (κ3) is 4.20. The van der Waals surface area contributed by atoms with Gasteiger partial charge in [-0.3, -0.25) is 9.59 Å². The highest BCUT2D eigenvalue weighted by atomic mass is 32.1. The predicted molar refractivity (Wildman–Crippen MR) is 112 cm³/mol. The van der Waals surface area contributed by atoms with E-state index in [1.165, 1.54) is 16.9 Å². The quantitative estimate of drug-likeness (QED) is 0.581. The highest BCUT2D eigenvalue weighted by molar-refractivity contribution is 7.13. The van der Waals surface area contributed by atoms with E-state index in [1.807, 2.05) is 49.6 Å². The zero-order chi connectivity index (χ0) is 20.1. The molecule has 0 saturated carbocycles. The Morgan fingerprint density at radius 3 is 2.36 bits per heavy atom. The largest absolute Gasteiger partial charge is 0.481 e. The highest BCUT2D eigenvalue weighted by Gasteiger charge is 2.40. The number of hydrogen-bond acceptors (Lipinski definition) is 4. The number of thiazole rings is 1. The molecule has 0 spiro atoms. The Morgan fingerprint density at radius 2 is 1.75 bits per heavy atom. The number of rotatable bonds is 8. The fourth-order valence-electron chi connectivity index (χ4n) is 3.36. The molecule has 0 radical (unpaired) electrons. The van der Waals surface area contributed by atoms with E-state index in [0.717, 1.165) is 10.6 Å². The van der Waals surface area contributed by atoms with Crippen molar-refractivity contribution in [3.05, 3.63) is 76.8 Å². The normalized spacial score (nSPS) is 13.1. The minimum absolute atomic E-state index is 0.0414. The molecular formula is C23H23NO3S. The summed E-state index contributed by atoms with van der Waals surface area (Å²) < 4.78 is 0. The van der Waals surface area contributed by atoms with E-state index in [1.54, 1.807) is 24.3 Å². The van der Waals surface area contributed by atoms with E-state index >= 15 is 0 Å². The number of Topliss-reactive ketones (excluding diaryl/α,β-unsaturated/α-hetero) is 1. The summed E-state index contributed by atoms with van der Waals surface area (Å²) in [6.07, 6.45) is 0.453. The van der Waals surface area contributed by atoms with Crippen LogP contribution in [0.2, 0.25) is 0 Å². The van der Waals surface area contributed by atoms with Gasteiger partial charge in [0.25, 0.3) is 0 Å². The zero-order valence-electron chi connectivity index (χ0n) is 16.0. The fraction of sp³-hybridized carbons (Fsp3) is 0.261. The molecule has 28 heavy (non-hydrogen) atoms. The van der Waals surface area contributed by atoms with E-state index in [4.69, 9.17) is 0 Å². The standard InChI is InChI=1S/C23H23NO3S/c1-3-23(22(26)27,18-7-5-4-6-8-18)14-20(25)13-19-15-28-21(24-19)17-11-9-16(2)10-12-17/h4-12,15H,3,13-14H2,1-2H3,(H,26,27). The molecule has 1 atom stereocenters. The van der Waals surface area contributed by atoms with Crippen molar-refractivity contribution < 1.29 is 14.7 Å². The summed E-state index contributed by atoms with van der Waals surface area (Å²) in [5.41, 5.74) is 2.35. The van der Waals surface area contributed by atoms with Crippen LogP contribution in [0.25, 0.3) is 10.6 Å². The molecular weight excluding hydrogens is 370 g/mol.